The second-order valence-corrected chi connectivity index (χ2v) is 8.00. The molecule has 0 saturated carbocycles. The van der Waals surface area contributed by atoms with Crippen LogP contribution in [-0.4, -0.2) is 55.6 Å². The molecule has 1 aromatic carbocycles. The molecular weight excluding hydrogens is 392 g/mol. The van der Waals surface area contributed by atoms with Crippen LogP contribution >= 0.6 is 0 Å². The Morgan fingerprint density at radius 1 is 1.29 bits per heavy atom. The van der Waals surface area contributed by atoms with Crippen molar-refractivity contribution in [3.8, 4) is 11.4 Å². The molecule has 4 rings (SSSR count). The van der Waals surface area contributed by atoms with Crippen molar-refractivity contribution in [1.29, 1.82) is 0 Å². The molecule has 0 bridgehead atoms. The van der Waals surface area contributed by atoms with E-state index in [1.165, 1.54) is 0 Å². The molecule has 1 atom stereocenters. The fraction of sp³-hybridized carbons (Fsp3) is 0.500. The van der Waals surface area contributed by atoms with Gasteiger partial charge >= 0.3 is 0 Å². The average molecular weight is 423 g/mol. The predicted octanol–water partition coefficient (Wildman–Crippen LogP) is 2.67. The van der Waals surface area contributed by atoms with Crippen LogP contribution in [0, 0.1) is 0 Å². The lowest BCUT2D eigenvalue weighted by Crippen LogP contribution is -2.41. The quantitative estimate of drug-likeness (QED) is 0.439. The van der Waals surface area contributed by atoms with E-state index in [-0.39, 0.29) is 6.04 Å². The number of nitrogens with zero attached hydrogens (tertiary/aromatic N) is 7. The maximum atomic E-state index is 6.01. The normalized spacial score (nSPS) is 16.9. The molecule has 164 valence electrons. The van der Waals surface area contributed by atoms with E-state index in [4.69, 9.17) is 10.3 Å². The molecule has 0 spiro atoms. The molecule has 31 heavy (non-hydrogen) atoms. The highest BCUT2D eigenvalue weighted by molar-refractivity contribution is 5.78. The van der Waals surface area contributed by atoms with E-state index in [9.17, 15) is 0 Å². The molecule has 1 unspecified atom stereocenters. The van der Waals surface area contributed by atoms with Crippen LogP contribution in [0.15, 0.2) is 40.0 Å². The molecule has 0 amide bonds. The zero-order chi connectivity index (χ0) is 21.6. The van der Waals surface area contributed by atoms with Crippen molar-refractivity contribution in [2.45, 2.75) is 58.0 Å². The number of likely N-dealkylation sites (tertiary alicyclic amines) is 1. The number of aromatic nitrogens is 5. The van der Waals surface area contributed by atoms with Crippen molar-refractivity contribution in [3.05, 3.63) is 47.6 Å². The zero-order valence-electron chi connectivity index (χ0n) is 18.2. The number of aryl methyl sites for hydroxylation is 1. The Morgan fingerprint density at radius 3 is 2.90 bits per heavy atom. The SMILES string of the molecule is CCCCc1cn(Cc2ccc(-c3noc(CC4CCCN4/C(N)=N\C)n3)cc2)nn1. The highest BCUT2D eigenvalue weighted by Crippen LogP contribution is 2.22. The third-order valence-electron chi connectivity index (χ3n) is 5.71. The molecular formula is C22H30N8O. The van der Waals surface area contributed by atoms with Gasteiger partial charge < -0.3 is 15.2 Å². The first-order valence-corrected chi connectivity index (χ1v) is 11.0. The van der Waals surface area contributed by atoms with E-state index in [0.29, 0.717) is 30.6 Å². The first kappa shape index (κ1) is 21.0. The molecule has 9 nitrogen and oxygen atoms in total. The first-order valence-electron chi connectivity index (χ1n) is 11.0. The van der Waals surface area contributed by atoms with Gasteiger partial charge in [0.2, 0.25) is 11.7 Å². The van der Waals surface area contributed by atoms with Gasteiger partial charge in [0.15, 0.2) is 5.96 Å². The average Bonchev–Trinajstić information content (AvgIpc) is 3.54. The molecule has 0 radical (unpaired) electrons. The number of rotatable bonds is 8. The summed E-state index contributed by atoms with van der Waals surface area (Å²) in [5, 5.41) is 12.6. The monoisotopic (exact) mass is 422 g/mol. The van der Waals surface area contributed by atoms with Gasteiger partial charge in [-0.1, -0.05) is 48.0 Å². The Kier molecular flexibility index (Phi) is 6.59. The third-order valence-corrected chi connectivity index (χ3v) is 5.71. The van der Waals surface area contributed by atoms with E-state index in [2.05, 4.69) is 49.4 Å². The summed E-state index contributed by atoms with van der Waals surface area (Å²) in [6.45, 7) is 3.79. The Labute approximate surface area is 182 Å². The van der Waals surface area contributed by atoms with Crippen molar-refractivity contribution in [1.82, 2.24) is 30.0 Å². The molecule has 9 heteroatoms. The minimum absolute atomic E-state index is 0.254. The van der Waals surface area contributed by atoms with Crippen molar-refractivity contribution in [2.24, 2.45) is 10.7 Å². The third kappa shape index (κ3) is 5.10. The molecule has 1 aliphatic rings. The summed E-state index contributed by atoms with van der Waals surface area (Å²) >= 11 is 0. The molecule has 3 aromatic rings. The topological polar surface area (TPSA) is 111 Å². The number of hydrogen-bond donors (Lipinski definition) is 1. The van der Waals surface area contributed by atoms with Gasteiger partial charge in [0.1, 0.15) is 0 Å². The van der Waals surface area contributed by atoms with Crippen LogP contribution in [0.2, 0.25) is 0 Å². The minimum Gasteiger partial charge on any atom is -0.370 e. The summed E-state index contributed by atoms with van der Waals surface area (Å²) in [6.07, 6.45) is 8.11. The Balaban J connectivity index is 1.37. The molecule has 2 N–H and O–H groups in total. The second-order valence-electron chi connectivity index (χ2n) is 8.00. The Hall–Kier alpha value is -3.23. The van der Waals surface area contributed by atoms with E-state index < -0.39 is 0 Å². The fourth-order valence-electron chi connectivity index (χ4n) is 3.97. The van der Waals surface area contributed by atoms with Crippen LogP contribution in [0.25, 0.3) is 11.4 Å². The fourth-order valence-corrected chi connectivity index (χ4v) is 3.97. The molecule has 0 aliphatic carbocycles. The molecule has 1 fully saturated rings. The van der Waals surface area contributed by atoms with Crippen LogP contribution < -0.4 is 5.73 Å². The van der Waals surface area contributed by atoms with Gasteiger partial charge in [-0.3, -0.25) is 4.99 Å². The summed E-state index contributed by atoms with van der Waals surface area (Å²) in [7, 11) is 1.72. The lowest BCUT2D eigenvalue weighted by molar-refractivity contribution is 0.321. The number of guanidine groups is 1. The number of hydrogen-bond acceptors (Lipinski definition) is 6. The number of unbranched alkanes of at least 4 members (excludes halogenated alkanes) is 1. The van der Waals surface area contributed by atoms with Gasteiger partial charge in [-0.15, -0.1) is 5.10 Å². The summed E-state index contributed by atoms with van der Waals surface area (Å²) in [6, 6.07) is 8.42. The van der Waals surface area contributed by atoms with Crippen LogP contribution in [-0.2, 0) is 19.4 Å². The van der Waals surface area contributed by atoms with Crippen LogP contribution in [0.5, 0.6) is 0 Å². The van der Waals surface area contributed by atoms with E-state index >= 15 is 0 Å². The van der Waals surface area contributed by atoms with Gasteiger partial charge in [0, 0.05) is 37.8 Å². The predicted molar refractivity (Wildman–Crippen MR) is 118 cm³/mol. The maximum absolute atomic E-state index is 6.01. The highest BCUT2D eigenvalue weighted by Gasteiger charge is 2.28. The van der Waals surface area contributed by atoms with Crippen molar-refractivity contribution >= 4 is 5.96 Å². The van der Waals surface area contributed by atoms with E-state index in [0.717, 1.165) is 55.5 Å². The summed E-state index contributed by atoms with van der Waals surface area (Å²) in [5.74, 6) is 1.80. The van der Waals surface area contributed by atoms with E-state index in [1.807, 2.05) is 23.0 Å². The Morgan fingerprint density at radius 2 is 2.13 bits per heavy atom. The number of benzene rings is 1. The molecule has 1 saturated heterocycles. The molecule has 2 aromatic heterocycles. The first-order chi connectivity index (χ1) is 15.2. The number of nitrogens with two attached hydrogens (primary N) is 1. The van der Waals surface area contributed by atoms with Crippen LogP contribution in [0.4, 0.5) is 0 Å². The largest absolute Gasteiger partial charge is 0.370 e. The molecule has 3 heterocycles. The lowest BCUT2D eigenvalue weighted by Gasteiger charge is -2.24. The summed E-state index contributed by atoms with van der Waals surface area (Å²) in [5.41, 5.74) is 9.13. The second kappa shape index (κ2) is 9.72. The minimum atomic E-state index is 0.254. The van der Waals surface area contributed by atoms with Gasteiger partial charge in [0.25, 0.3) is 0 Å². The number of aliphatic imine (C=N–C) groups is 1. The van der Waals surface area contributed by atoms with Crippen LogP contribution in [0.3, 0.4) is 0 Å². The highest BCUT2D eigenvalue weighted by atomic mass is 16.5. The van der Waals surface area contributed by atoms with Crippen LogP contribution in [0.1, 0.15) is 49.8 Å². The van der Waals surface area contributed by atoms with E-state index in [1.54, 1.807) is 7.05 Å². The maximum Gasteiger partial charge on any atom is 0.229 e. The van der Waals surface area contributed by atoms with Crippen molar-refractivity contribution in [2.75, 3.05) is 13.6 Å². The Bertz CT molecular complexity index is 1010. The lowest BCUT2D eigenvalue weighted by atomic mass is 10.1. The van der Waals surface area contributed by atoms with Gasteiger partial charge in [-0.25, -0.2) is 4.68 Å². The smallest absolute Gasteiger partial charge is 0.229 e. The van der Waals surface area contributed by atoms with Gasteiger partial charge in [0.05, 0.1) is 12.2 Å². The molecule has 1 aliphatic heterocycles. The zero-order valence-corrected chi connectivity index (χ0v) is 18.2. The van der Waals surface area contributed by atoms with Crippen molar-refractivity contribution in [3.63, 3.8) is 0 Å². The standard InChI is InChI=1S/C22H30N8O/c1-3-4-6-18-15-29(28-26-18)14-16-8-10-17(11-9-16)21-25-20(31-27-21)13-19-7-5-12-30(19)22(23)24-2/h8-11,15,19H,3-7,12-14H2,1-2H3,(H2,23,24). The van der Waals surface area contributed by atoms with Crippen molar-refractivity contribution < 1.29 is 4.52 Å². The van der Waals surface area contributed by atoms with Gasteiger partial charge in [-0.05, 0) is 31.2 Å². The van der Waals surface area contributed by atoms with Gasteiger partial charge in [-0.2, -0.15) is 4.98 Å². The summed E-state index contributed by atoms with van der Waals surface area (Å²) < 4.78 is 7.39. The summed E-state index contributed by atoms with van der Waals surface area (Å²) in [4.78, 5) is 10.8.